The Morgan fingerprint density at radius 1 is 1.45 bits per heavy atom. The number of nitrogens with two attached hydrogens (primary N) is 1. The number of halogens is 2. The lowest BCUT2D eigenvalue weighted by Gasteiger charge is -2.23. The van der Waals surface area contributed by atoms with Gasteiger partial charge >= 0.3 is 0 Å². The van der Waals surface area contributed by atoms with Gasteiger partial charge in [-0.2, -0.15) is 0 Å². The van der Waals surface area contributed by atoms with Crippen molar-refractivity contribution in [2.75, 3.05) is 13.7 Å². The second kappa shape index (κ2) is 6.36. The first-order valence-electron chi connectivity index (χ1n) is 5.86. The third-order valence-electron chi connectivity index (χ3n) is 2.85. The summed E-state index contributed by atoms with van der Waals surface area (Å²) in [6, 6.07) is 2.12. The fourth-order valence-electron chi connectivity index (χ4n) is 1.35. The molecule has 0 aliphatic rings. The third-order valence-corrected chi connectivity index (χ3v) is 4.65. The predicted octanol–water partition coefficient (Wildman–Crippen LogP) is 1.64. The molecule has 1 aromatic rings. The van der Waals surface area contributed by atoms with Crippen LogP contribution in [0.3, 0.4) is 0 Å². The molecule has 0 heterocycles. The van der Waals surface area contributed by atoms with Gasteiger partial charge in [0.2, 0.25) is 10.0 Å². The lowest BCUT2D eigenvalue weighted by molar-refractivity contribution is 0.0276. The largest absolute Gasteiger partial charge is 0.377 e. The first-order chi connectivity index (χ1) is 9.13. The molecule has 5 nitrogen and oxygen atoms in total. The lowest BCUT2D eigenvalue weighted by Crippen LogP contribution is -2.39. The van der Waals surface area contributed by atoms with Crippen LogP contribution in [0.1, 0.15) is 19.4 Å². The van der Waals surface area contributed by atoms with Crippen molar-refractivity contribution in [3.05, 3.63) is 28.5 Å². The molecule has 1 rings (SSSR count). The van der Waals surface area contributed by atoms with Gasteiger partial charge in [-0.3, -0.25) is 0 Å². The lowest BCUT2D eigenvalue weighted by atomic mass is 10.1. The molecule has 0 spiro atoms. The highest BCUT2D eigenvalue weighted by atomic mass is 35.5. The quantitative estimate of drug-likeness (QED) is 0.833. The van der Waals surface area contributed by atoms with E-state index in [-0.39, 0.29) is 28.6 Å². The van der Waals surface area contributed by atoms with Crippen LogP contribution in [0.4, 0.5) is 4.39 Å². The molecule has 0 atom stereocenters. The number of methoxy groups -OCH3 is 1. The van der Waals surface area contributed by atoms with Gasteiger partial charge in [0.1, 0.15) is 5.82 Å². The maximum atomic E-state index is 13.6. The van der Waals surface area contributed by atoms with Gasteiger partial charge in [-0.05, 0) is 31.5 Å². The van der Waals surface area contributed by atoms with Crippen LogP contribution in [0, 0.1) is 5.82 Å². The summed E-state index contributed by atoms with van der Waals surface area (Å²) in [4.78, 5) is -0.216. The highest BCUT2D eigenvalue weighted by Gasteiger charge is 2.23. The number of rotatable bonds is 6. The standard InChI is InChI=1S/C12H18ClFN2O3S/c1-12(2,19-3)7-16-20(17,18)9-4-8(6-15)11(13)10(14)5-9/h4-5,16H,6-7,15H2,1-3H3. The number of sulfonamides is 1. The fourth-order valence-corrected chi connectivity index (χ4v) is 2.79. The number of hydrogen-bond acceptors (Lipinski definition) is 4. The molecule has 20 heavy (non-hydrogen) atoms. The number of hydrogen-bond donors (Lipinski definition) is 2. The first-order valence-corrected chi connectivity index (χ1v) is 7.72. The van der Waals surface area contributed by atoms with Crippen LogP contribution >= 0.6 is 11.6 Å². The van der Waals surface area contributed by atoms with Crippen molar-refractivity contribution in [2.45, 2.75) is 30.9 Å². The zero-order valence-corrected chi connectivity index (χ0v) is 13.1. The molecule has 0 radical (unpaired) electrons. The van der Waals surface area contributed by atoms with Gasteiger partial charge in [-0.1, -0.05) is 11.6 Å². The second-order valence-corrected chi connectivity index (χ2v) is 7.02. The van der Waals surface area contributed by atoms with E-state index in [1.54, 1.807) is 13.8 Å². The van der Waals surface area contributed by atoms with Crippen molar-refractivity contribution >= 4 is 21.6 Å². The van der Waals surface area contributed by atoms with Crippen molar-refractivity contribution in [1.82, 2.24) is 4.72 Å². The Hall–Kier alpha value is -0.730. The molecule has 0 bridgehead atoms. The van der Waals surface area contributed by atoms with Gasteiger partial charge in [-0.25, -0.2) is 17.5 Å². The summed E-state index contributed by atoms with van der Waals surface area (Å²) < 4.78 is 45.3. The van der Waals surface area contributed by atoms with E-state index in [4.69, 9.17) is 22.1 Å². The number of benzene rings is 1. The Labute approximate surface area is 123 Å². The van der Waals surface area contributed by atoms with E-state index >= 15 is 0 Å². The van der Waals surface area contributed by atoms with Crippen molar-refractivity contribution in [3.63, 3.8) is 0 Å². The average molecular weight is 325 g/mol. The monoisotopic (exact) mass is 324 g/mol. The zero-order chi connectivity index (χ0) is 15.6. The van der Waals surface area contributed by atoms with E-state index in [9.17, 15) is 12.8 Å². The van der Waals surface area contributed by atoms with Crippen LogP contribution in [0.25, 0.3) is 0 Å². The van der Waals surface area contributed by atoms with Gasteiger partial charge in [0.05, 0.1) is 15.5 Å². The molecular formula is C12H18ClFN2O3S. The molecule has 0 amide bonds. The predicted molar refractivity (Wildman–Crippen MR) is 75.6 cm³/mol. The van der Waals surface area contributed by atoms with Crippen molar-refractivity contribution in [3.8, 4) is 0 Å². The average Bonchev–Trinajstić information content (AvgIpc) is 2.39. The van der Waals surface area contributed by atoms with E-state index < -0.39 is 21.4 Å². The topological polar surface area (TPSA) is 81.4 Å². The highest BCUT2D eigenvalue weighted by Crippen LogP contribution is 2.24. The van der Waals surface area contributed by atoms with Crippen molar-refractivity contribution in [1.29, 1.82) is 0 Å². The van der Waals surface area contributed by atoms with E-state index in [2.05, 4.69) is 4.72 Å². The number of nitrogens with one attached hydrogen (secondary N) is 1. The summed E-state index contributed by atoms with van der Waals surface area (Å²) in [5, 5.41) is -0.163. The van der Waals surface area contributed by atoms with Gasteiger partial charge < -0.3 is 10.5 Å². The van der Waals surface area contributed by atoms with Crippen LogP contribution in [0.15, 0.2) is 17.0 Å². The van der Waals surface area contributed by atoms with Gasteiger partial charge in [0, 0.05) is 20.2 Å². The second-order valence-electron chi connectivity index (χ2n) is 4.87. The maximum Gasteiger partial charge on any atom is 0.240 e. The minimum absolute atomic E-state index is 0.0496. The molecule has 1 aromatic carbocycles. The molecule has 114 valence electrons. The molecule has 0 saturated carbocycles. The molecule has 0 aromatic heterocycles. The maximum absolute atomic E-state index is 13.6. The molecule has 0 aliphatic heterocycles. The third kappa shape index (κ3) is 4.13. The van der Waals surface area contributed by atoms with Crippen LogP contribution < -0.4 is 10.5 Å². The molecule has 8 heteroatoms. The minimum Gasteiger partial charge on any atom is -0.377 e. The summed E-state index contributed by atoms with van der Waals surface area (Å²) in [6.45, 7) is 3.45. The van der Waals surface area contributed by atoms with E-state index in [1.807, 2.05) is 0 Å². The van der Waals surface area contributed by atoms with Crippen molar-refractivity contribution < 1.29 is 17.5 Å². The Morgan fingerprint density at radius 2 is 2.05 bits per heavy atom. The summed E-state index contributed by atoms with van der Waals surface area (Å²) in [7, 11) is -2.38. The Kier molecular flexibility index (Phi) is 5.51. The molecule has 0 fully saturated rings. The van der Waals surface area contributed by atoms with E-state index in [1.165, 1.54) is 13.2 Å². The van der Waals surface area contributed by atoms with Gasteiger partial charge in [-0.15, -0.1) is 0 Å². The van der Waals surface area contributed by atoms with Crippen LogP contribution in [-0.4, -0.2) is 27.7 Å². The van der Waals surface area contributed by atoms with Gasteiger partial charge in [0.25, 0.3) is 0 Å². The smallest absolute Gasteiger partial charge is 0.240 e. The summed E-state index contributed by atoms with van der Waals surface area (Å²) >= 11 is 5.70. The Balaban J connectivity index is 3.07. The molecular weight excluding hydrogens is 307 g/mol. The SMILES string of the molecule is COC(C)(C)CNS(=O)(=O)c1cc(F)c(Cl)c(CN)c1. The Morgan fingerprint density at radius 3 is 2.55 bits per heavy atom. The molecule has 0 saturated heterocycles. The summed E-state index contributed by atoms with van der Waals surface area (Å²) in [5.41, 5.74) is 4.97. The van der Waals surface area contributed by atoms with E-state index in [0.717, 1.165) is 6.07 Å². The van der Waals surface area contributed by atoms with Crippen LogP contribution in [-0.2, 0) is 21.3 Å². The molecule has 3 N–H and O–H groups in total. The van der Waals surface area contributed by atoms with Crippen molar-refractivity contribution in [2.24, 2.45) is 5.73 Å². The summed E-state index contributed by atoms with van der Waals surface area (Å²) in [6.07, 6.45) is 0. The first kappa shape index (κ1) is 17.3. The van der Waals surface area contributed by atoms with Crippen LogP contribution in [0.5, 0.6) is 0 Å². The molecule has 0 unspecified atom stereocenters. The zero-order valence-electron chi connectivity index (χ0n) is 11.5. The van der Waals surface area contributed by atoms with Gasteiger partial charge in [0.15, 0.2) is 0 Å². The van der Waals surface area contributed by atoms with Crippen LogP contribution in [0.2, 0.25) is 5.02 Å². The van der Waals surface area contributed by atoms with E-state index in [0.29, 0.717) is 0 Å². The Bertz CT molecular complexity index is 591. The molecule has 0 aliphatic carbocycles. The fraction of sp³-hybridized carbons (Fsp3) is 0.500. The summed E-state index contributed by atoms with van der Waals surface area (Å²) in [5.74, 6) is -0.819. The number of ether oxygens (including phenoxy) is 1. The minimum atomic E-state index is -3.86. The normalized spacial score (nSPS) is 12.7. The highest BCUT2D eigenvalue weighted by molar-refractivity contribution is 7.89.